The number of rotatable bonds is 4. The van der Waals surface area contributed by atoms with Crippen LogP contribution < -0.4 is 5.73 Å². The van der Waals surface area contributed by atoms with Gasteiger partial charge in [0, 0.05) is 24.0 Å². The fraction of sp³-hybridized carbons (Fsp3) is 0.643. The fourth-order valence-corrected chi connectivity index (χ4v) is 3.26. The molecule has 2 heterocycles. The molecule has 2 N–H and O–H groups in total. The molecule has 0 amide bonds. The van der Waals surface area contributed by atoms with Crippen molar-refractivity contribution in [3.8, 4) is 0 Å². The molecule has 1 aromatic rings. The maximum Gasteiger partial charge on any atom is 0.0573 e. The molecule has 0 radical (unpaired) electrons. The summed E-state index contributed by atoms with van der Waals surface area (Å²) in [7, 11) is 0. The Morgan fingerprint density at radius 2 is 2.17 bits per heavy atom. The van der Waals surface area contributed by atoms with E-state index in [1.54, 1.807) is 0 Å². The molecule has 4 heteroatoms. The largest absolute Gasteiger partial charge is 0.329 e. The first-order valence-corrected chi connectivity index (χ1v) is 7.80. The molecule has 1 fully saturated rings. The predicted molar refractivity (Wildman–Crippen MR) is 78.8 cm³/mol. The second kappa shape index (κ2) is 6.04. The Bertz CT molecular complexity index is 380. The lowest BCUT2D eigenvalue weighted by Crippen LogP contribution is -2.46. The van der Waals surface area contributed by atoms with Crippen LogP contribution in [0.3, 0.4) is 0 Å². The van der Waals surface area contributed by atoms with E-state index in [-0.39, 0.29) is 0 Å². The summed E-state index contributed by atoms with van der Waals surface area (Å²) in [4.78, 5) is 6.98. The van der Waals surface area contributed by atoms with Gasteiger partial charge in [0.15, 0.2) is 0 Å². The molecule has 18 heavy (non-hydrogen) atoms. The summed E-state index contributed by atoms with van der Waals surface area (Å²) in [6.07, 6.45) is 6.46. The lowest BCUT2D eigenvalue weighted by atomic mass is 9.95. The van der Waals surface area contributed by atoms with Crippen LogP contribution in [0.2, 0.25) is 0 Å². The zero-order valence-corrected chi connectivity index (χ0v) is 12.2. The first kappa shape index (κ1) is 13.8. The molecule has 0 aromatic carbocycles. The van der Waals surface area contributed by atoms with E-state index in [9.17, 15) is 0 Å². The molecule has 1 aliphatic heterocycles. The lowest BCUT2D eigenvalue weighted by molar-refractivity contribution is 0.192. The van der Waals surface area contributed by atoms with Crippen LogP contribution in [-0.4, -0.2) is 40.5 Å². The standard InChI is InChI=1S/C14H23N3S/c1-12-4-3-7-16-13(12)10-17-8-5-14(11-15,18-2)6-9-17/h3-4,7H,5-6,8-11,15H2,1-2H3. The van der Waals surface area contributed by atoms with E-state index in [1.165, 1.54) is 24.1 Å². The predicted octanol–water partition coefficient (Wildman–Crippen LogP) is 2.05. The quantitative estimate of drug-likeness (QED) is 0.905. The van der Waals surface area contributed by atoms with E-state index < -0.39 is 0 Å². The highest BCUT2D eigenvalue weighted by molar-refractivity contribution is 8.00. The summed E-state index contributed by atoms with van der Waals surface area (Å²) in [5.74, 6) is 0. The third-order valence-corrected chi connectivity index (χ3v) is 5.50. The summed E-state index contributed by atoms with van der Waals surface area (Å²) in [6.45, 7) is 6.17. The number of piperidine rings is 1. The lowest BCUT2D eigenvalue weighted by Gasteiger charge is -2.40. The van der Waals surface area contributed by atoms with Gasteiger partial charge in [0.1, 0.15) is 0 Å². The molecule has 3 nitrogen and oxygen atoms in total. The van der Waals surface area contributed by atoms with Crippen LogP contribution in [0.1, 0.15) is 24.1 Å². The van der Waals surface area contributed by atoms with Crippen molar-refractivity contribution in [1.82, 2.24) is 9.88 Å². The Balaban J connectivity index is 1.93. The maximum atomic E-state index is 5.92. The van der Waals surface area contributed by atoms with Crippen molar-refractivity contribution in [1.29, 1.82) is 0 Å². The first-order valence-electron chi connectivity index (χ1n) is 6.57. The van der Waals surface area contributed by atoms with E-state index in [0.29, 0.717) is 4.75 Å². The number of aryl methyl sites for hydroxylation is 1. The molecule has 1 aromatic heterocycles. The summed E-state index contributed by atoms with van der Waals surface area (Å²) in [5.41, 5.74) is 8.42. The highest BCUT2D eigenvalue weighted by Gasteiger charge is 2.32. The van der Waals surface area contributed by atoms with E-state index in [0.717, 1.165) is 26.2 Å². The van der Waals surface area contributed by atoms with Gasteiger partial charge in [-0.15, -0.1) is 0 Å². The highest BCUT2D eigenvalue weighted by atomic mass is 32.2. The van der Waals surface area contributed by atoms with Crippen molar-refractivity contribution in [2.45, 2.75) is 31.1 Å². The number of hydrogen-bond acceptors (Lipinski definition) is 4. The minimum absolute atomic E-state index is 0.315. The van der Waals surface area contributed by atoms with Gasteiger partial charge >= 0.3 is 0 Å². The molecule has 0 atom stereocenters. The number of nitrogens with zero attached hydrogens (tertiary/aromatic N) is 2. The molecule has 0 aliphatic carbocycles. The van der Waals surface area contributed by atoms with Gasteiger partial charge < -0.3 is 5.73 Å². The van der Waals surface area contributed by atoms with Gasteiger partial charge in [-0.3, -0.25) is 9.88 Å². The van der Waals surface area contributed by atoms with Crippen molar-refractivity contribution in [3.05, 3.63) is 29.6 Å². The fourth-order valence-electron chi connectivity index (χ4n) is 2.51. The molecule has 1 saturated heterocycles. The summed E-state index contributed by atoms with van der Waals surface area (Å²) in [5, 5.41) is 0. The van der Waals surface area contributed by atoms with Crippen LogP contribution in [0.15, 0.2) is 18.3 Å². The van der Waals surface area contributed by atoms with E-state index in [1.807, 2.05) is 24.0 Å². The second-order valence-electron chi connectivity index (χ2n) is 5.13. The highest BCUT2D eigenvalue weighted by Crippen LogP contribution is 2.33. The number of nitrogens with two attached hydrogens (primary N) is 1. The Morgan fingerprint density at radius 1 is 1.44 bits per heavy atom. The van der Waals surface area contributed by atoms with Crippen LogP contribution in [0.25, 0.3) is 0 Å². The van der Waals surface area contributed by atoms with Crippen molar-refractivity contribution < 1.29 is 0 Å². The Kier molecular flexibility index (Phi) is 4.65. The SMILES string of the molecule is CSC1(CN)CCN(Cc2ncccc2C)CC1. The molecule has 1 aliphatic rings. The zero-order chi connectivity index (χ0) is 13.0. The summed E-state index contributed by atoms with van der Waals surface area (Å²) in [6, 6.07) is 4.14. The number of aromatic nitrogens is 1. The number of thioether (sulfide) groups is 1. The zero-order valence-electron chi connectivity index (χ0n) is 11.4. The van der Waals surface area contributed by atoms with E-state index >= 15 is 0 Å². The van der Waals surface area contributed by atoms with Crippen molar-refractivity contribution >= 4 is 11.8 Å². The van der Waals surface area contributed by atoms with E-state index in [4.69, 9.17) is 5.73 Å². The Morgan fingerprint density at radius 3 is 2.72 bits per heavy atom. The smallest absolute Gasteiger partial charge is 0.0573 e. The van der Waals surface area contributed by atoms with Crippen LogP contribution in [-0.2, 0) is 6.54 Å². The summed E-state index contributed by atoms with van der Waals surface area (Å²) >= 11 is 1.94. The Hall–Kier alpha value is -0.580. The Labute approximate surface area is 114 Å². The van der Waals surface area contributed by atoms with Gasteiger partial charge in [0.2, 0.25) is 0 Å². The third-order valence-electron chi connectivity index (χ3n) is 4.06. The average molecular weight is 265 g/mol. The minimum atomic E-state index is 0.315. The van der Waals surface area contributed by atoms with Gasteiger partial charge in [-0.1, -0.05) is 6.07 Å². The number of pyridine rings is 1. The molecule has 0 spiro atoms. The van der Waals surface area contributed by atoms with Crippen LogP contribution in [0.5, 0.6) is 0 Å². The van der Waals surface area contributed by atoms with Crippen molar-refractivity contribution in [3.63, 3.8) is 0 Å². The van der Waals surface area contributed by atoms with Gasteiger partial charge in [-0.05, 0) is 50.7 Å². The van der Waals surface area contributed by atoms with Crippen molar-refractivity contribution in [2.24, 2.45) is 5.73 Å². The summed E-state index contributed by atoms with van der Waals surface area (Å²) < 4.78 is 0.315. The van der Waals surface area contributed by atoms with Crippen molar-refractivity contribution in [2.75, 3.05) is 25.9 Å². The number of hydrogen-bond donors (Lipinski definition) is 1. The van der Waals surface area contributed by atoms with Gasteiger partial charge in [-0.25, -0.2) is 0 Å². The topological polar surface area (TPSA) is 42.1 Å². The molecule has 0 bridgehead atoms. The molecule has 2 rings (SSSR count). The molecule has 100 valence electrons. The molecular weight excluding hydrogens is 242 g/mol. The van der Waals surface area contributed by atoms with Gasteiger partial charge in [0.05, 0.1) is 5.69 Å². The normalized spacial score (nSPS) is 19.9. The van der Waals surface area contributed by atoms with E-state index in [2.05, 4.69) is 29.1 Å². The number of likely N-dealkylation sites (tertiary alicyclic amines) is 1. The van der Waals surface area contributed by atoms with Gasteiger partial charge in [-0.2, -0.15) is 11.8 Å². The minimum Gasteiger partial charge on any atom is -0.329 e. The maximum absolute atomic E-state index is 5.92. The third kappa shape index (κ3) is 3.05. The molecule has 0 saturated carbocycles. The molecular formula is C14H23N3S. The van der Waals surface area contributed by atoms with Gasteiger partial charge in [0.25, 0.3) is 0 Å². The van der Waals surface area contributed by atoms with Crippen LogP contribution >= 0.6 is 11.8 Å². The second-order valence-corrected chi connectivity index (χ2v) is 6.41. The van der Waals surface area contributed by atoms with Crippen LogP contribution in [0.4, 0.5) is 0 Å². The monoisotopic (exact) mass is 265 g/mol. The average Bonchev–Trinajstić information content (AvgIpc) is 2.43. The molecule has 0 unspecified atom stereocenters. The first-order chi connectivity index (χ1) is 8.69. The van der Waals surface area contributed by atoms with Crippen LogP contribution in [0, 0.1) is 6.92 Å².